The van der Waals surface area contributed by atoms with Gasteiger partial charge < -0.3 is 0 Å². The maximum Gasteiger partial charge on any atom is 0.0196 e. The second kappa shape index (κ2) is 8.82. The summed E-state index contributed by atoms with van der Waals surface area (Å²) in [6, 6.07) is 14.0. The number of benzene rings is 2. The molecule has 0 heteroatoms. The maximum absolute atomic E-state index is 4.87. The normalized spacial score (nSPS) is 32.2. The van der Waals surface area contributed by atoms with Crippen molar-refractivity contribution in [1.29, 1.82) is 0 Å². The molecule has 0 unspecified atom stereocenters. The molecule has 0 saturated carbocycles. The van der Waals surface area contributed by atoms with E-state index in [1.807, 2.05) is 0 Å². The topological polar surface area (TPSA) is 0 Å². The number of aryl methyl sites for hydroxylation is 3. The monoisotopic (exact) mass is 516 g/mol. The van der Waals surface area contributed by atoms with Gasteiger partial charge in [-0.3, -0.25) is 0 Å². The van der Waals surface area contributed by atoms with E-state index in [1.165, 1.54) is 66.8 Å². The van der Waals surface area contributed by atoms with Crippen LogP contribution in [-0.4, -0.2) is 0 Å². The fourth-order valence-electron chi connectivity index (χ4n) is 9.68. The van der Waals surface area contributed by atoms with Gasteiger partial charge >= 0.3 is 0 Å². The third-order valence-electron chi connectivity index (χ3n) is 11.8. The molecule has 5 rings (SSSR count). The average molecular weight is 517 g/mol. The molecule has 0 nitrogen and oxygen atoms in total. The van der Waals surface area contributed by atoms with Crippen molar-refractivity contribution < 1.29 is 0 Å². The van der Waals surface area contributed by atoms with E-state index in [4.69, 9.17) is 13.2 Å². The van der Waals surface area contributed by atoms with Crippen LogP contribution in [0.15, 0.2) is 89.6 Å². The molecule has 0 amide bonds. The van der Waals surface area contributed by atoms with E-state index in [9.17, 15) is 0 Å². The van der Waals surface area contributed by atoms with Crippen molar-refractivity contribution >= 4 is 5.57 Å². The number of fused-ring (bicyclic) bond motifs is 3. The van der Waals surface area contributed by atoms with Gasteiger partial charge in [0.2, 0.25) is 0 Å². The van der Waals surface area contributed by atoms with Gasteiger partial charge in [0.05, 0.1) is 0 Å². The Morgan fingerprint density at radius 1 is 0.949 bits per heavy atom. The minimum atomic E-state index is -0.164. The molecule has 0 aromatic heterocycles. The van der Waals surface area contributed by atoms with Gasteiger partial charge in [0.25, 0.3) is 0 Å². The second-order valence-corrected chi connectivity index (χ2v) is 13.9. The summed E-state index contributed by atoms with van der Waals surface area (Å²) >= 11 is 0. The lowest BCUT2D eigenvalue weighted by molar-refractivity contribution is -0.0285. The van der Waals surface area contributed by atoms with Crippen molar-refractivity contribution in [1.82, 2.24) is 0 Å². The Hall–Kier alpha value is -2.86. The largest absolute Gasteiger partial charge is 0.0955 e. The van der Waals surface area contributed by atoms with Crippen molar-refractivity contribution in [2.45, 2.75) is 88.0 Å². The first kappa shape index (κ1) is 27.7. The van der Waals surface area contributed by atoms with Gasteiger partial charge in [-0.25, -0.2) is 0 Å². The van der Waals surface area contributed by atoms with E-state index in [2.05, 4.69) is 112 Å². The highest BCUT2D eigenvalue weighted by Gasteiger charge is 2.65. The first-order chi connectivity index (χ1) is 18.1. The van der Waals surface area contributed by atoms with Crippen molar-refractivity contribution in [2.24, 2.45) is 22.2 Å². The summed E-state index contributed by atoms with van der Waals surface area (Å²) in [6.45, 7) is 37.8. The van der Waals surface area contributed by atoms with Crippen LogP contribution in [0.1, 0.15) is 94.2 Å². The molecule has 0 radical (unpaired) electrons. The van der Waals surface area contributed by atoms with Crippen LogP contribution in [0, 0.1) is 42.9 Å². The fourth-order valence-corrected chi connectivity index (χ4v) is 9.68. The summed E-state index contributed by atoms with van der Waals surface area (Å²) in [4.78, 5) is 0. The zero-order valence-corrected chi connectivity index (χ0v) is 26.2. The molecule has 0 spiro atoms. The van der Waals surface area contributed by atoms with Crippen molar-refractivity contribution in [3.63, 3.8) is 0 Å². The summed E-state index contributed by atoms with van der Waals surface area (Å²) in [5, 5.41) is 0. The number of rotatable bonds is 3. The standard InChI is InChI=1S/C39H48/c1-22(2)34-26(6)21-37(11)30(10)38(12)33(20-31-18-23(3)17-24(4)19-31)32-16-14-15-25(5)35(32)27(7)36(38)29(9)39(37,13)28(34)8/h14-19,30,33H,1,7-8,20-21H2,2-6,9-13H3/t30-,33+,37-,38-,39+/m0/s1. The summed E-state index contributed by atoms with van der Waals surface area (Å²) < 4.78 is 0. The highest BCUT2D eigenvalue weighted by molar-refractivity contribution is 5.87. The Labute approximate surface area is 238 Å². The maximum atomic E-state index is 4.87. The van der Waals surface area contributed by atoms with Gasteiger partial charge in [-0.15, -0.1) is 0 Å². The smallest absolute Gasteiger partial charge is 0.0196 e. The van der Waals surface area contributed by atoms with Crippen LogP contribution in [0.4, 0.5) is 0 Å². The van der Waals surface area contributed by atoms with Gasteiger partial charge in [-0.1, -0.05) is 112 Å². The molecule has 0 bridgehead atoms. The predicted molar refractivity (Wildman–Crippen MR) is 170 cm³/mol. The first-order valence-electron chi connectivity index (χ1n) is 14.7. The molecule has 0 aliphatic heterocycles. The molecule has 204 valence electrons. The van der Waals surface area contributed by atoms with Crippen molar-refractivity contribution in [2.75, 3.05) is 0 Å². The highest BCUT2D eigenvalue weighted by atomic mass is 14.7. The zero-order chi connectivity index (χ0) is 28.8. The second-order valence-electron chi connectivity index (χ2n) is 13.9. The Balaban J connectivity index is 1.85. The first-order valence-corrected chi connectivity index (χ1v) is 14.7. The lowest BCUT2D eigenvalue weighted by Crippen LogP contribution is -2.59. The van der Waals surface area contributed by atoms with Crippen LogP contribution in [0.3, 0.4) is 0 Å². The van der Waals surface area contributed by atoms with Gasteiger partial charge in [-0.2, -0.15) is 0 Å². The van der Waals surface area contributed by atoms with E-state index < -0.39 is 0 Å². The third-order valence-corrected chi connectivity index (χ3v) is 11.8. The fraction of sp³-hybridized carbons (Fsp3) is 0.436. The van der Waals surface area contributed by atoms with Crippen LogP contribution in [0.25, 0.3) is 5.57 Å². The summed E-state index contributed by atoms with van der Waals surface area (Å²) in [6.07, 6.45) is 2.10. The molecule has 3 aliphatic carbocycles. The highest BCUT2D eigenvalue weighted by Crippen LogP contribution is 2.74. The molecule has 3 aliphatic rings. The minimum absolute atomic E-state index is 0.0256. The molecule has 2 aromatic rings. The number of hydrogen-bond acceptors (Lipinski definition) is 0. The molecule has 0 saturated heterocycles. The number of allylic oxidation sites excluding steroid dienone is 7. The Morgan fingerprint density at radius 2 is 1.56 bits per heavy atom. The summed E-state index contributed by atoms with van der Waals surface area (Å²) in [5.41, 5.74) is 17.4. The van der Waals surface area contributed by atoms with Gasteiger partial charge in [0, 0.05) is 10.8 Å². The summed E-state index contributed by atoms with van der Waals surface area (Å²) in [7, 11) is 0. The van der Waals surface area contributed by atoms with Crippen LogP contribution in [0.5, 0.6) is 0 Å². The zero-order valence-electron chi connectivity index (χ0n) is 26.2. The van der Waals surface area contributed by atoms with Crippen LogP contribution >= 0.6 is 0 Å². The lowest BCUT2D eigenvalue weighted by atomic mass is 9.36. The minimum Gasteiger partial charge on any atom is -0.0955 e. The Morgan fingerprint density at radius 3 is 2.15 bits per heavy atom. The third kappa shape index (κ3) is 3.49. The van der Waals surface area contributed by atoms with Crippen LogP contribution in [0.2, 0.25) is 0 Å². The van der Waals surface area contributed by atoms with Gasteiger partial charge in [0.1, 0.15) is 0 Å². The van der Waals surface area contributed by atoms with E-state index >= 15 is 0 Å². The van der Waals surface area contributed by atoms with Crippen LogP contribution < -0.4 is 0 Å². The predicted octanol–water partition coefficient (Wildman–Crippen LogP) is 10.8. The molecule has 0 fully saturated rings. The average Bonchev–Trinajstić information content (AvgIpc) is 2.82. The van der Waals surface area contributed by atoms with Gasteiger partial charge in [0.15, 0.2) is 0 Å². The molecular weight excluding hydrogens is 468 g/mol. The number of hydrogen-bond donors (Lipinski definition) is 0. The quantitative estimate of drug-likeness (QED) is 0.380. The van der Waals surface area contributed by atoms with E-state index in [1.54, 1.807) is 0 Å². The van der Waals surface area contributed by atoms with Crippen molar-refractivity contribution in [3.05, 3.63) is 123 Å². The molecule has 5 atom stereocenters. The van der Waals surface area contributed by atoms with E-state index in [0.29, 0.717) is 11.8 Å². The molecule has 39 heavy (non-hydrogen) atoms. The Bertz CT molecular complexity index is 1500. The molecule has 2 aromatic carbocycles. The van der Waals surface area contributed by atoms with E-state index in [-0.39, 0.29) is 16.2 Å². The Kier molecular flexibility index (Phi) is 6.26. The van der Waals surface area contributed by atoms with Crippen LogP contribution in [-0.2, 0) is 6.42 Å². The molecule has 0 heterocycles. The molecule has 0 N–H and O–H groups in total. The molecular formula is C39H48. The summed E-state index contributed by atoms with van der Waals surface area (Å²) in [5.74, 6) is 0.772. The lowest BCUT2D eigenvalue weighted by Gasteiger charge is -2.67. The SMILES string of the molecule is C=C(C)C1=C(C)C[C@@]2(C)[C@H](C)[C@]3(C)C(=C(C)[C@@]2(C)C1=C)C(=C)c1c(C)cccc1[C@H]3Cc1cc(C)cc(C)c1. The van der Waals surface area contributed by atoms with Gasteiger partial charge in [-0.05, 0) is 116 Å². The van der Waals surface area contributed by atoms with E-state index in [0.717, 1.165) is 18.4 Å². The van der Waals surface area contributed by atoms with Crippen molar-refractivity contribution in [3.8, 4) is 0 Å².